The molecule has 2 heterocycles. The number of hydrogen-bond acceptors (Lipinski definition) is 6. The molecule has 0 aromatic carbocycles. The number of hydrogen-bond donors (Lipinski definition) is 1. The van der Waals surface area contributed by atoms with Crippen LogP contribution < -0.4 is 10.2 Å². The molecule has 1 aliphatic heterocycles. The molecule has 0 unspecified atom stereocenters. The van der Waals surface area contributed by atoms with Crippen LogP contribution in [-0.4, -0.2) is 72.9 Å². The van der Waals surface area contributed by atoms with Crippen molar-refractivity contribution >= 4 is 28.3 Å². The quantitative estimate of drug-likeness (QED) is 0.811. The van der Waals surface area contributed by atoms with Crippen molar-refractivity contribution in [3.05, 3.63) is 11.1 Å². The molecular weight excluding hydrogens is 314 g/mol. The third kappa shape index (κ3) is 4.98. The van der Waals surface area contributed by atoms with Crippen molar-refractivity contribution in [2.45, 2.75) is 20.4 Å². The average molecular weight is 339 g/mol. The van der Waals surface area contributed by atoms with Crippen LogP contribution in [0.2, 0.25) is 0 Å². The summed E-state index contributed by atoms with van der Waals surface area (Å²) in [6, 6.07) is 0. The molecule has 23 heavy (non-hydrogen) atoms. The first-order valence-electron chi connectivity index (χ1n) is 7.90. The summed E-state index contributed by atoms with van der Waals surface area (Å²) in [5.74, 6) is 0.152. The van der Waals surface area contributed by atoms with E-state index in [0.717, 1.165) is 37.0 Å². The maximum atomic E-state index is 12.2. The van der Waals surface area contributed by atoms with Crippen molar-refractivity contribution in [3.8, 4) is 0 Å². The smallest absolute Gasteiger partial charge is 0.236 e. The van der Waals surface area contributed by atoms with Gasteiger partial charge in [-0.25, -0.2) is 4.98 Å². The van der Waals surface area contributed by atoms with E-state index in [0.29, 0.717) is 19.6 Å². The molecule has 1 aromatic heterocycles. The maximum absolute atomic E-state index is 12.2. The fraction of sp³-hybridized carbons (Fsp3) is 0.667. The van der Waals surface area contributed by atoms with E-state index in [2.05, 4.69) is 10.3 Å². The summed E-state index contributed by atoms with van der Waals surface area (Å²) in [4.78, 5) is 33.8. The van der Waals surface area contributed by atoms with Gasteiger partial charge < -0.3 is 10.2 Å². The Hall–Kier alpha value is -1.51. The van der Waals surface area contributed by atoms with E-state index >= 15 is 0 Å². The minimum Gasteiger partial charge on any atom is -0.339 e. The molecule has 8 heteroatoms. The van der Waals surface area contributed by atoms with E-state index in [9.17, 15) is 9.59 Å². The molecule has 1 fully saturated rings. The summed E-state index contributed by atoms with van der Waals surface area (Å²) < 4.78 is 0. The Bertz CT molecular complexity index is 542. The molecule has 0 saturated carbocycles. The third-order valence-electron chi connectivity index (χ3n) is 3.77. The van der Waals surface area contributed by atoms with Crippen LogP contribution in [0, 0.1) is 0 Å². The lowest BCUT2D eigenvalue weighted by atomic mass is 10.3. The van der Waals surface area contributed by atoms with Crippen LogP contribution >= 0.6 is 11.3 Å². The number of aromatic nitrogens is 1. The highest BCUT2D eigenvalue weighted by molar-refractivity contribution is 7.14. The predicted molar refractivity (Wildman–Crippen MR) is 91.6 cm³/mol. The van der Waals surface area contributed by atoms with Gasteiger partial charge in [-0.3, -0.25) is 19.4 Å². The van der Waals surface area contributed by atoms with Gasteiger partial charge in [0, 0.05) is 51.6 Å². The lowest BCUT2D eigenvalue weighted by molar-refractivity contribution is -0.132. The first kappa shape index (κ1) is 17.8. The van der Waals surface area contributed by atoms with Crippen LogP contribution in [0.4, 0.5) is 5.13 Å². The summed E-state index contributed by atoms with van der Waals surface area (Å²) in [5.41, 5.74) is 0.889. The summed E-state index contributed by atoms with van der Waals surface area (Å²) in [6.45, 7) is 8.35. The molecule has 2 amide bonds. The van der Waals surface area contributed by atoms with E-state index in [1.165, 1.54) is 11.3 Å². The first-order chi connectivity index (χ1) is 11.0. The fourth-order valence-corrected chi connectivity index (χ4v) is 3.49. The van der Waals surface area contributed by atoms with Crippen molar-refractivity contribution in [2.24, 2.45) is 0 Å². The van der Waals surface area contributed by atoms with E-state index in [-0.39, 0.29) is 11.8 Å². The van der Waals surface area contributed by atoms with E-state index in [4.69, 9.17) is 0 Å². The number of anilines is 1. The number of piperazine rings is 1. The van der Waals surface area contributed by atoms with Crippen LogP contribution in [0.15, 0.2) is 5.38 Å². The second-order valence-corrected chi connectivity index (χ2v) is 6.52. The molecule has 1 N–H and O–H groups in total. The highest BCUT2D eigenvalue weighted by Crippen LogP contribution is 2.21. The zero-order valence-corrected chi connectivity index (χ0v) is 14.9. The molecule has 1 aliphatic rings. The molecule has 7 nitrogen and oxygen atoms in total. The number of nitrogens with zero attached hydrogens (tertiary/aromatic N) is 4. The molecular formula is C15H25N5O2S. The number of thiazole rings is 1. The second-order valence-electron chi connectivity index (χ2n) is 5.69. The van der Waals surface area contributed by atoms with Crippen molar-refractivity contribution in [3.63, 3.8) is 0 Å². The highest BCUT2D eigenvalue weighted by atomic mass is 32.1. The number of amides is 2. The average Bonchev–Trinajstić information content (AvgIpc) is 2.96. The fourth-order valence-electron chi connectivity index (χ4n) is 2.56. The lowest BCUT2D eigenvalue weighted by Gasteiger charge is -2.29. The molecule has 0 atom stereocenters. The van der Waals surface area contributed by atoms with Crippen LogP contribution in [-0.2, 0) is 16.1 Å². The first-order valence-corrected chi connectivity index (χ1v) is 8.78. The molecule has 0 spiro atoms. The molecule has 0 aliphatic carbocycles. The monoisotopic (exact) mass is 339 g/mol. The summed E-state index contributed by atoms with van der Waals surface area (Å²) in [6.07, 6.45) is 0. The number of carbonyl (C=O) groups excluding carboxylic acids is 2. The largest absolute Gasteiger partial charge is 0.339 e. The van der Waals surface area contributed by atoms with Crippen molar-refractivity contribution in [1.82, 2.24) is 20.1 Å². The Morgan fingerprint density at radius 3 is 2.70 bits per heavy atom. The Morgan fingerprint density at radius 1 is 1.39 bits per heavy atom. The van der Waals surface area contributed by atoms with Crippen LogP contribution in [0.25, 0.3) is 0 Å². The van der Waals surface area contributed by atoms with Crippen molar-refractivity contribution < 1.29 is 9.59 Å². The van der Waals surface area contributed by atoms with Gasteiger partial charge in [0.05, 0.1) is 12.2 Å². The standard InChI is InChI=1S/C15H25N5O2S/c1-4-20(12(2)21)15-17-13(11-23-15)9-18(3)10-14(22)19-7-5-16-6-8-19/h11,16H,4-10H2,1-3H3. The third-order valence-corrected chi connectivity index (χ3v) is 4.69. The summed E-state index contributed by atoms with van der Waals surface area (Å²) in [5, 5.41) is 5.91. The SMILES string of the molecule is CCN(C(C)=O)c1nc(CN(C)CC(=O)N2CCNCC2)cs1. The van der Waals surface area contributed by atoms with Gasteiger partial charge in [0.2, 0.25) is 11.8 Å². The zero-order chi connectivity index (χ0) is 16.8. The second kappa shape index (κ2) is 8.37. The van der Waals surface area contributed by atoms with Gasteiger partial charge in [-0.15, -0.1) is 11.3 Å². The number of carbonyl (C=O) groups is 2. The van der Waals surface area contributed by atoms with E-state index in [1.807, 2.05) is 29.2 Å². The predicted octanol–water partition coefficient (Wildman–Crippen LogP) is 0.380. The molecule has 1 aromatic rings. The van der Waals surface area contributed by atoms with Crippen LogP contribution in [0.1, 0.15) is 19.5 Å². The van der Waals surface area contributed by atoms with Gasteiger partial charge in [0.15, 0.2) is 5.13 Å². The summed E-state index contributed by atoms with van der Waals surface area (Å²) >= 11 is 1.46. The van der Waals surface area contributed by atoms with Gasteiger partial charge in [0.1, 0.15) is 0 Å². The van der Waals surface area contributed by atoms with Gasteiger partial charge >= 0.3 is 0 Å². The maximum Gasteiger partial charge on any atom is 0.236 e. The zero-order valence-electron chi connectivity index (χ0n) is 14.0. The number of nitrogens with one attached hydrogen (secondary N) is 1. The van der Waals surface area contributed by atoms with Crippen molar-refractivity contribution in [2.75, 3.05) is 51.2 Å². The number of likely N-dealkylation sites (N-methyl/N-ethyl adjacent to an activating group) is 1. The Kier molecular flexibility index (Phi) is 6.49. The molecule has 0 bridgehead atoms. The van der Waals surface area contributed by atoms with Gasteiger partial charge in [-0.2, -0.15) is 0 Å². The normalized spacial score (nSPS) is 15.0. The Labute approximate surface area is 141 Å². The topological polar surface area (TPSA) is 68.8 Å². The van der Waals surface area contributed by atoms with Gasteiger partial charge in [0.25, 0.3) is 0 Å². The molecule has 2 rings (SSSR count). The minimum absolute atomic E-state index is 0.00404. The lowest BCUT2D eigenvalue weighted by Crippen LogP contribution is -2.49. The molecule has 1 saturated heterocycles. The summed E-state index contributed by atoms with van der Waals surface area (Å²) in [7, 11) is 1.92. The number of rotatable bonds is 6. The van der Waals surface area contributed by atoms with Crippen molar-refractivity contribution in [1.29, 1.82) is 0 Å². The van der Waals surface area contributed by atoms with E-state index in [1.54, 1.807) is 11.8 Å². The van der Waals surface area contributed by atoms with E-state index < -0.39 is 0 Å². The van der Waals surface area contributed by atoms with Gasteiger partial charge in [-0.1, -0.05) is 0 Å². The van der Waals surface area contributed by atoms with Gasteiger partial charge in [-0.05, 0) is 14.0 Å². The Morgan fingerprint density at radius 2 is 2.09 bits per heavy atom. The van der Waals surface area contributed by atoms with Crippen LogP contribution in [0.5, 0.6) is 0 Å². The molecule has 0 radical (unpaired) electrons. The Balaban J connectivity index is 1.87. The minimum atomic E-state index is -0.00404. The van der Waals surface area contributed by atoms with Crippen LogP contribution in [0.3, 0.4) is 0 Å². The highest BCUT2D eigenvalue weighted by Gasteiger charge is 2.19. The molecule has 128 valence electrons.